The van der Waals surface area contributed by atoms with Gasteiger partial charge in [0.2, 0.25) is 0 Å². The standard InChI is InChI=1S/C14H21ClO.C5H12NO4P/c1-2-3-4-5-6-7-8-12-9-10-14(16)13(15)11-12;7-11(8,9)10-4-5-2-1-3-6-5/h9-11,16H,2-8H2,1H3;5-6H,1-4H2,(H2,7,8,9). The molecule has 0 aliphatic carbocycles. The zero-order chi connectivity index (χ0) is 20.1. The minimum absolute atomic E-state index is 0.101. The van der Waals surface area contributed by atoms with E-state index in [-0.39, 0.29) is 18.4 Å². The number of nitrogens with one attached hydrogen (secondary N) is 1. The minimum atomic E-state index is -4.26. The Morgan fingerprint density at radius 2 is 1.93 bits per heavy atom. The Balaban J connectivity index is 0.000000289. The normalized spacial score (nSPS) is 16.8. The Kier molecular flexibility index (Phi) is 12.2. The number of aryl methyl sites for hydroxylation is 1. The molecule has 1 atom stereocenters. The van der Waals surface area contributed by atoms with E-state index in [0.717, 1.165) is 25.8 Å². The molecule has 0 radical (unpaired) electrons. The quantitative estimate of drug-likeness (QED) is 0.320. The molecule has 0 bridgehead atoms. The van der Waals surface area contributed by atoms with E-state index in [0.29, 0.717) is 5.02 Å². The van der Waals surface area contributed by atoms with Crippen LogP contribution in [-0.4, -0.2) is 34.1 Å². The molecule has 0 spiro atoms. The van der Waals surface area contributed by atoms with Crippen molar-refractivity contribution in [2.45, 2.75) is 70.8 Å². The monoisotopic (exact) mass is 421 g/mol. The molecule has 1 fully saturated rings. The second-order valence-electron chi connectivity index (χ2n) is 6.88. The van der Waals surface area contributed by atoms with Gasteiger partial charge in [0.25, 0.3) is 0 Å². The third-order valence-corrected chi connectivity index (χ3v) is 5.23. The van der Waals surface area contributed by atoms with E-state index < -0.39 is 7.82 Å². The molecule has 1 aliphatic heterocycles. The molecule has 1 unspecified atom stereocenters. The molecule has 1 aromatic carbocycles. The molecule has 4 N–H and O–H groups in total. The first-order valence-corrected chi connectivity index (χ1v) is 11.6. The summed E-state index contributed by atoms with van der Waals surface area (Å²) in [5.74, 6) is 0.174. The van der Waals surface area contributed by atoms with Gasteiger partial charge < -0.3 is 20.2 Å². The highest BCUT2D eigenvalue weighted by molar-refractivity contribution is 7.46. The van der Waals surface area contributed by atoms with Crippen LogP contribution in [0.5, 0.6) is 5.75 Å². The predicted octanol–water partition coefficient (Wildman–Crippen LogP) is 4.80. The molecule has 0 aromatic heterocycles. The predicted molar refractivity (Wildman–Crippen MR) is 109 cm³/mol. The molecular weight excluding hydrogens is 389 g/mol. The van der Waals surface area contributed by atoms with Gasteiger partial charge in [-0.25, -0.2) is 4.57 Å². The van der Waals surface area contributed by atoms with Crippen LogP contribution in [0.25, 0.3) is 0 Å². The van der Waals surface area contributed by atoms with Crippen molar-refractivity contribution in [3.8, 4) is 5.75 Å². The smallest absolute Gasteiger partial charge is 0.469 e. The second kappa shape index (κ2) is 13.5. The summed E-state index contributed by atoms with van der Waals surface area (Å²) in [4.78, 5) is 16.7. The van der Waals surface area contributed by atoms with E-state index in [2.05, 4.69) is 16.8 Å². The first-order valence-electron chi connectivity index (χ1n) is 9.72. The number of hydrogen-bond acceptors (Lipinski definition) is 4. The van der Waals surface area contributed by atoms with E-state index in [9.17, 15) is 9.67 Å². The number of phosphoric ester groups is 1. The van der Waals surface area contributed by atoms with Gasteiger partial charge in [0, 0.05) is 6.04 Å². The highest BCUT2D eigenvalue weighted by Crippen LogP contribution is 2.36. The molecule has 6 nitrogen and oxygen atoms in total. The number of rotatable bonds is 10. The molecule has 1 aliphatic rings. The van der Waals surface area contributed by atoms with Crippen molar-refractivity contribution in [3.05, 3.63) is 28.8 Å². The maximum atomic E-state index is 10.2. The summed E-state index contributed by atoms with van der Waals surface area (Å²) < 4.78 is 14.5. The lowest BCUT2D eigenvalue weighted by atomic mass is 10.0. The van der Waals surface area contributed by atoms with Gasteiger partial charge in [-0.15, -0.1) is 0 Å². The highest BCUT2D eigenvalue weighted by atomic mass is 35.5. The lowest BCUT2D eigenvalue weighted by Gasteiger charge is -2.10. The first kappa shape index (κ1) is 24.4. The molecule has 27 heavy (non-hydrogen) atoms. The molecule has 1 heterocycles. The molecule has 0 saturated carbocycles. The van der Waals surface area contributed by atoms with Gasteiger partial charge in [-0.2, -0.15) is 0 Å². The summed E-state index contributed by atoms with van der Waals surface area (Å²) in [5, 5.41) is 12.8. The van der Waals surface area contributed by atoms with E-state index in [1.807, 2.05) is 12.1 Å². The number of unbranched alkanes of at least 4 members (excludes halogenated alkanes) is 5. The van der Waals surface area contributed by atoms with Gasteiger partial charge in [0.1, 0.15) is 5.75 Å². The molecule has 156 valence electrons. The number of benzene rings is 1. The summed E-state index contributed by atoms with van der Waals surface area (Å²) in [6.45, 7) is 3.25. The van der Waals surface area contributed by atoms with Crippen molar-refractivity contribution < 1.29 is 24.0 Å². The summed E-state index contributed by atoms with van der Waals surface area (Å²) in [7, 11) is -4.26. The fourth-order valence-corrected chi connectivity index (χ4v) is 3.48. The fourth-order valence-electron chi connectivity index (χ4n) is 2.90. The van der Waals surface area contributed by atoms with Crippen molar-refractivity contribution in [2.75, 3.05) is 13.2 Å². The number of aromatic hydroxyl groups is 1. The van der Waals surface area contributed by atoms with Gasteiger partial charge >= 0.3 is 7.82 Å². The van der Waals surface area contributed by atoms with Crippen molar-refractivity contribution >= 4 is 19.4 Å². The maximum Gasteiger partial charge on any atom is 0.469 e. The van der Waals surface area contributed by atoms with Crippen LogP contribution in [0.15, 0.2) is 18.2 Å². The summed E-state index contributed by atoms with van der Waals surface area (Å²) in [5.41, 5.74) is 1.22. The van der Waals surface area contributed by atoms with Gasteiger partial charge in [-0.1, -0.05) is 56.7 Å². The zero-order valence-corrected chi connectivity index (χ0v) is 17.7. The van der Waals surface area contributed by atoms with Crippen LogP contribution in [0.4, 0.5) is 0 Å². The van der Waals surface area contributed by atoms with Gasteiger partial charge in [0.05, 0.1) is 11.6 Å². The van der Waals surface area contributed by atoms with Crippen LogP contribution in [0.3, 0.4) is 0 Å². The zero-order valence-electron chi connectivity index (χ0n) is 16.1. The molecule has 8 heteroatoms. The highest BCUT2D eigenvalue weighted by Gasteiger charge is 2.20. The summed E-state index contributed by atoms with van der Waals surface area (Å²) in [6, 6.07) is 5.60. The van der Waals surface area contributed by atoms with Crippen molar-refractivity contribution in [1.29, 1.82) is 0 Å². The van der Waals surface area contributed by atoms with E-state index in [1.165, 1.54) is 44.1 Å². The number of phenols is 1. The van der Waals surface area contributed by atoms with E-state index in [1.54, 1.807) is 6.07 Å². The lowest BCUT2D eigenvalue weighted by molar-refractivity contribution is 0.181. The first-order chi connectivity index (χ1) is 12.8. The SMILES string of the molecule is CCCCCCCCc1ccc(O)c(Cl)c1.O=P(O)(O)OCC1CCCN1. The average Bonchev–Trinajstić information content (AvgIpc) is 3.13. The average molecular weight is 422 g/mol. The number of phosphoric acid groups is 1. The van der Waals surface area contributed by atoms with Crippen LogP contribution in [0, 0.1) is 0 Å². The van der Waals surface area contributed by atoms with Crippen molar-refractivity contribution in [2.24, 2.45) is 0 Å². The third kappa shape index (κ3) is 12.5. The topological polar surface area (TPSA) is 99.0 Å². The Morgan fingerprint density at radius 3 is 2.52 bits per heavy atom. The van der Waals surface area contributed by atoms with Crippen LogP contribution in [0.1, 0.15) is 63.9 Å². The largest absolute Gasteiger partial charge is 0.506 e. The van der Waals surface area contributed by atoms with E-state index in [4.69, 9.17) is 21.4 Å². The molecule has 1 aromatic rings. The minimum Gasteiger partial charge on any atom is -0.506 e. The van der Waals surface area contributed by atoms with Crippen LogP contribution < -0.4 is 5.32 Å². The number of phenolic OH excluding ortho intramolecular Hbond substituents is 1. The summed E-state index contributed by atoms with van der Waals surface area (Å²) in [6.07, 6.45) is 10.9. The van der Waals surface area contributed by atoms with Crippen LogP contribution >= 0.6 is 19.4 Å². The Hall–Kier alpha value is -0.620. The summed E-state index contributed by atoms with van der Waals surface area (Å²) >= 11 is 5.85. The van der Waals surface area contributed by atoms with Crippen molar-refractivity contribution in [1.82, 2.24) is 5.32 Å². The Labute approximate surface area is 167 Å². The second-order valence-corrected chi connectivity index (χ2v) is 8.53. The molecule has 1 saturated heterocycles. The fraction of sp³-hybridized carbons (Fsp3) is 0.684. The maximum absolute atomic E-state index is 10.2. The van der Waals surface area contributed by atoms with Gasteiger partial charge in [-0.05, 0) is 49.9 Å². The number of hydrogen-bond donors (Lipinski definition) is 4. The van der Waals surface area contributed by atoms with Gasteiger partial charge in [-0.3, -0.25) is 4.52 Å². The van der Waals surface area contributed by atoms with Crippen LogP contribution in [0.2, 0.25) is 5.02 Å². The van der Waals surface area contributed by atoms with Gasteiger partial charge in [0.15, 0.2) is 0 Å². The third-order valence-electron chi connectivity index (χ3n) is 4.44. The molecule has 0 amide bonds. The van der Waals surface area contributed by atoms with E-state index >= 15 is 0 Å². The Bertz CT molecular complexity index is 575. The van der Waals surface area contributed by atoms with Crippen molar-refractivity contribution in [3.63, 3.8) is 0 Å². The molecule has 2 rings (SSSR count). The van der Waals surface area contributed by atoms with Crippen LogP contribution in [-0.2, 0) is 15.5 Å². The Morgan fingerprint density at radius 1 is 1.22 bits per heavy atom. The number of halogens is 1. The lowest BCUT2D eigenvalue weighted by Crippen LogP contribution is -2.26. The molecular formula is C19H33ClNO5P.